The summed E-state index contributed by atoms with van der Waals surface area (Å²) in [6.07, 6.45) is -0.854. The van der Waals surface area contributed by atoms with Crippen LogP contribution in [0.4, 0.5) is 18.9 Å². The highest BCUT2D eigenvalue weighted by Gasteiger charge is 2.39. The number of hydrogen-bond donors (Lipinski definition) is 2. The number of carbonyl (C=O) groups excluding carboxylic acids is 2. The van der Waals surface area contributed by atoms with Gasteiger partial charge in [-0.1, -0.05) is 39.0 Å². The van der Waals surface area contributed by atoms with Crippen LogP contribution in [0.25, 0.3) is 0 Å². The smallest absolute Gasteiger partial charge is 0.475 e. The number of pyridine rings is 1. The lowest BCUT2D eigenvalue weighted by Gasteiger charge is -2.35. The Morgan fingerprint density at radius 1 is 1.05 bits per heavy atom. The molecule has 2 amide bonds. The normalized spacial score (nSPS) is 16.5. The second kappa shape index (κ2) is 12.6. The van der Waals surface area contributed by atoms with Gasteiger partial charge in [-0.15, -0.1) is 0 Å². The van der Waals surface area contributed by atoms with Gasteiger partial charge in [-0.3, -0.25) is 19.5 Å². The summed E-state index contributed by atoms with van der Waals surface area (Å²) in [5.41, 5.74) is 2.00. The number of ether oxygens (including phenoxy) is 1. The van der Waals surface area contributed by atoms with E-state index in [2.05, 4.69) is 31.1 Å². The SMILES string of the molecule is CC(C)(C)NC(=O)C(c1cccnc1)N(C(=O)C1CCCO1)c1ccc(C(C)(C)C)cc1.O=C(O)C(F)(F)F. The minimum Gasteiger partial charge on any atom is -0.475 e. The van der Waals surface area contributed by atoms with Crippen LogP contribution >= 0.6 is 0 Å². The third kappa shape index (κ3) is 9.35. The summed E-state index contributed by atoms with van der Waals surface area (Å²) in [6, 6.07) is 10.6. The Hall–Kier alpha value is -3.47. The van der Waals surface area contributed by atoms with Crippen LogP contribution in [0.15, 0.2) is 48.8 Å². The van der Waals surface area contributed by atoms with Crippen molar-refractivity contribution in [3.05, 3.63) is 59.9 Å². The van der Waals surface area contributed by atoms with E-state index in [0.29, 0.717) is 24.3 Å². The Labute approximate surface area is 226 Å². The van der Waals surface area contributed by atoms with Crippen molar-refractivity contribution in [2.24, 2.45) is 0 Å². The summed E-state index contributed by atoms with van der Waals surface area (Å²) in [6.45, 7) is 12.8. The van der Waals surface area contributed by atoms with E-state index in [1.54, 1.807) is 23.4 Å². The first-order valence-electron chi connectivity index (χ1n) is 12.5. The maximum absolute atomic E-state index is 13.7. The van der Waals surface area contributed by atoms with Gasteiger partial charge in [0.25, 0.3) is 5.91 Å². The third-order valence-electron chi connectivity index (χ3n) is 5.70. The molecule has 1 fully saturated rings. The maximum Gasteiger partial charge on any atom is 0.490 e. The molecule has 2 heterocycles. The second-order valence-electron chi connectivity index (χ2n) is 11.2. The molecule has 3 rings (SSSR count). The average Bonchev–Trinajstić information content (AvgIpc) is 3.36. The van der Waals surface area contributed by atoms with Crippen molar-refractivity contribution in [3.63, 3.8) is 0 Å². The second-order valence-corrected chi connectivity index (χ2v) is 11.2. The van der Waals surface area contributed by atoms with E-state index in [4.69, 9.17) is 14.6 Å². The summed E-state index contributed by atoms with van der Waals surface area (Å²) < 4.78 is 37.5. The van der Waals surface area contributed by atoms with Gasteiger partial charge in [0, 0.05) is 35.8 Å². The minimum atomic E-state index is -5.08. The molecule has 1 aromatic carbocycles. The maximum atomic E-state index is 13.7. The molecule has 0 aliphatic carbocycles. The Morgan fingerprint density at radius 3 is 2.05 bits per heavy atom. The van der Waals surface area contributed by atoms with Gasteiger partial charge in [-0.25, -0.2) is 4.79 Å². The lowest BCUT2D eigenvalue weighted by molar-refractivity contribution is -0.192. The highest BCUT2D eigenvalue weighted by Crippen LogP contribution is 2.33. The number of nitrogens with zero attached hydrogens (tertiary/aromatic N) is 2. The van der Waals surface area contributed by atoms with E-state index in [1.165, 1.54) is 0 Å². The van der Waals surface area contributed by atoms with Crippen LogP contribution < -0.4 is 10.2 Å². The molecule has 1 aliphatic heterocycles. The number of halogens is 3. The van der Waals surface area contributed by atoms with Crippen LogP contribution in [0, 0.1) is 0 Å². The standard InChI is InChI=1S/C26H35N3O3.C2HF3O2/c1-25(2,3)19-11-13-20(14-12-19)29(24(31)21-10-8-16-32-21)22(18-9-7-15-27-17-18)23(30)28-26(4,5)6;3-2(4,5)1(6)7/h7,9,11-15,17,21-22H,8,10,16H2,1-6H3,(H,28,30);(H,6,7). The van der Waals surface area contributed by atoms with Gasteiger partial charge < -0.3 is 15.2 Å². The summed E-state index contributed by atoms with van der Waals surface area (Å²) in [5.74, 6) is -3.21. The van der Waals surface area contributed by atoms with Gasteiger partial charge in [-0.05, 0) is 62.8 Å². The predicted octanol–water partition coefficient (Wildman–Crippen LogP) is 5.18. The summed E-state index contributed by atoms with van der Waals surface area (Å²) in [4.78, 5) is 42.0. The van der Waals surface area contributed by atoms with Crippen LogP contribution in [-0.2, 0) is 24.5 Å². The number of carboxylic acid groups (broad SMARTS) is 1. The number of aliphatic carboxylic acids is 1. The van der Waals surface area contributed by atoms with E-state index < -0.39 is 29.8 Å². The Morgan fingerprint density at radius 2 is 1.64 bits per heavy atom. The van der Waals surface area contributed by atoms with Gasteiger partial charge in [0.2, 0.25) is 5.91 Å². The minimum absolute atomic E-state index is 0.0195. The lowest BCUT2D eigenvalue weighted by atomic mass is 9.87. The number of carbonyl (C=O) groups is 3. The molecule has 39 heavy (non-hydrogen) atoms. The monoisotopic (exact) mass is 551 g/mol. The lowest BCUT2D eigenvalue weighted by Crippen LogP contribution is -2.51. The van der Waals surface area contributed by atoms with Crippen molar-refractivity contribution in [1.82, 2.24) is 10.3 Å². The van der Waals surface area contributed by atoms with Crippen molar-refractivity contribution in [2.75, 3.05) is 11.5 Å². The summed E-state index contributed by atoms with van der Waals surface area (Å²) in [7, 11) is 0. The van der Waals surface area contributed by atoms with Crippen LogP contribution in [0.5, 0.6) is 0 Å². The molecule has 0 radical (unpaired) electrons. The average molecular weight is 552 g/mol. The number of benzene rings is 1. The predicted molar refractivity (Wildman–Crippen MR) is 140 cm³/mol. The van der Waals surface area contributed by atoms with Crippen LogP contribution in [0.2, 0.25) is 0 Å². The van der Waals surface area contributed by atoms with Crippen molar-refractivity contribution in [2.45, 2.75) is 83.7 Å². The number of hydrogen-bond acceptors (Lipinski definition) is 5. The van der Waals surface area contributed by atoms with E-state index in [9.17, 15) is 22.8 Å². The summed E-state index contributed by atoms with van der Waals surface area (Å²) in [5, 5.41) is 10.2. The number of anilines is 1. The molecule has 2 atom stereocenters. The van der Waals surface area contributed by atoms with Gasteiger partial charge in [0.1, 0.15) is 12.1 Å². The molecule has 214 valence electrons. The third-order valence-corrected chi connectivity index (χ3v) is 5.70. The molecule has 1 aromatic heterocycles. The van der Waals surface area contributed by atoms with Crippen molar-refractivity contribution >= 4 is 23.5 Å². The molecule has 0 bridgehead atoms. The Balaban J connectivity index is 0.000000673. The quantitative estimate of drug-likeness (QED) is 0.530. The van der Waals surface area contributed by atoms with E-state index in [-0.39, 0.29) is 17.2 Å². The molecule has 2 N–H and O–H groups in total. The molecular weight excluding hydrogens is 515 g/mol. The Kier molecular flexibility index (Phi) is 10.2. The number of alkyl halides is 3. The first-order valence-corrected chi connectivity index (χ1v) is 12.5. The van der Waals surface area contributed by atoms with Crippen LogP contribution in [0.3, 0.4) is 0 Å². The molecule has 1 saturated heterocycles. The highest BCUT2D eigenvalue weighted by molar-refractivity contribution is 6.03. The van der Waals surface area contributed by atoms with Crippen molar-refractivity contribution in [3.8, 4) is 0 Å². The molecule has 8 nitrogen and oxygen atoms in total. The number of amides is 2. The van der Waals surface area contributed by atoms with Crippen molar-refractivity contribution in [1.29, 1.82) is 0 Å². The zero-order chi connectivity index (χ0) is 29.6. The molecule has 1 aliphatic rings. The first kappa shape index (κ1) is 31.7. The van der Waals surface area contributed by atoms with Gasteiger partial charge >= 0.3 is 12.1 Å². The fourth-order valence-corrected chi connectivity index (χ4v) is 3.85. The molecule has 2 aromatic rings. The largest absolute Gasteiger partial charge is 0.490 e. The number of rotatable bonds is 5. The Bertz CT molecular complexity index is 1120. The molecular formula is C28H36F3N3O5. The van der Waals surface area contributed by atoms with Gasteiger partial charge in [-0.2, -0.15) is 13.2 Å². The fourth-order valence-electron chi connectivity index (χ4n) is 3.85. The van der Waals surface area contributed by atoms with Gasteiger partial charge in [0.15, 0.2) is 0 Å². The molecule has 11 heteroatoms. The number of aromatic nitrogens is 1. The molecule has 0 saturated carbocycles. The topological polar surface area (TPSA) is 109 Å². The molecule has 2 unspecified atom stereocenters. The van der Waals surface area contributed by atoms with Crippen LogP contribution in [0.1, 0.15) is 71.6 Å². The van der Waals surface area contributed by atoms with E-state index in [0.717, 1.165) is 12.0 Å². The highest BCUT2D eigenvalue weighted by atomic mass is 19.4. The van der Waals surface area contributed by atoms with E-state index in [1.807, 2.05) is 51.1 Å². The zero-order valence-electron chi connectivity index (χ0n) is 23.0. The first-order chi connectivity index (χ1) is 17.9. The van der Waals surface area contributed by atoms with E-state index >= 15 is 0 Å². The zero-order valence-corrected chi connectivity index (χ0v) is 23.0. The number of carboxylic acids is 1. The fraction of sp³-hybridized carbons (Fsp3) is 0.500. The summed E-state index contributed by atoms with van der Waals surface area (Å²) >= 11 is 0. The van der Waals surface area contributed by atoms with Crippen LogP contribution in [-0.4, -0.2) is 52.3 Å². The number of nitrogens with one attached hydrogen (secondary N) is 1. The van der Waals surface area contributed by atoms with Gasteiger partial charge in [0.05, 0.1) is 0 Å². The van der Waals surface area contributed by atoms with Crippen molar-refractivity contribution < 1.29 is 37.4 Å². The molecule has 0 spiro atoms.